The van der Waals surface area contributed by atoms with Gasteiger partial charge in [-0.2, -0.15) is 4.98 Å². The molecule has 0 bridgehead atoms. The minimum atomic E-state index is -0.191. The van der Waals surface area contributed by atoms with Crippen molar-refractivity contribution in [3.63, 3.8) is 0 Å². The molecular weight excluding hydrogens is 340 g/mol. The lowest BCUT2D eigenvalue weighted by Crippen LogP contribution is -2.12. The van der Waals surface area contributed by atoms with E-state index in [9.17, 15) is 4.79 Å². The van der Waals surface area contributed by atoms with E-state index in [-0.39, 0.29) is 5.56 Å². The van der Waals surface area contributed by atoms with E-state index < -0.39 is 0 Å². The van der Waals surface area contributed by atoms with Crippen LogP contribution in [-0.4, -0.2) is 9.55 Å². The molecule has 5 rings (SSSR count). The summed E-state index contributed by atoms with van der Waals surface area (Å²) < 4.78 is 2.13. The van der Waals surface area contributed by atoms with Crippen LogP contribution < -0.4 is 5.56 Å². The second-order valence-electron chi connectivity index (χ2n) is 5.79. The molecule has 116 valence electrons. The van der Waals surface area contributed by atoms with E-state index >= 15 is 0 Å². The highest BCUT2D eigenvalue weighted by Crippen LogP contribution is 2.39. The first-order valence-electron chi connectivity index (χ1n) is 7.59. The summed E-state index contributed by atoms with van der Waals surface area (Å²) >= 11 is 7.91. The molecule has 0 atom stereocenters. The summed E-state index contributed by atoms with van der Waals surface area (Å²) in [6, 6.07) is 15.7. The first-order valence-corrected chi connectivity index (χ1v) is 8.85. The van der Waals surface area contributed by atoms with Gasteiger partial charge in [0.1, 0.15) is 10.7 Å². The van der Waals surface area contributed by atoms with E-state index in [0.717, 1.165) is 33.9 Å². The maximum absolute atomic E-state index is 12.8. The Balaban J connectivity index is 1.84. The number of hydrogen-bond acceptors (Lipinski definition) is 3. The Labute approximate surface area is 146 Å². The summed E-state index contributed by atoms with van der Waals surface area (Å²) in [5, 5.41) is 3.31. The molecule has 4 aromatic rings. The number of hydrogen-bond donors (Lipinski definition) is 0. The first kappa shape index (κ1) is 14.0. The van der Waals surface area contributed by atoms with Gasteiger partial charge in [-0.15, -0.1) is 11.3 Å². The van der Waals surface area contributed by atoms with Crippen LogP contribution in [0.2, 0.25) is 5.02 Å². The Morgan fingerprint density at radius 1 is 1.00 bits per heavy atom. The molecule has 0 saturated carbocycles. The fraction of sp³-hybridized carbons (Fsp3) is 0.0526. The topological polar surface area (TPSA) is 34.9 Å². The SMILES string of the molecule is O=c1nc2n(c3scc(-c4ccccc4Cl)c13)Cc1ccccc1-2. The number of benzene rings is 2. The highest BCUT2D eigenvalue weighted by atomic mass is 35.5. The minimum Gasteiger partial charge on any atom is -0.312 e. The maximum atomic E-state index is 12.8. The van der Waals surface area contributed by atoms with Gasteiger partial charge < -0.3 is 4.57 Å². The molecule has 1 aliphatic rings. The van der Waals surface area contributed by atoms with E-state index in [1.807, 2.05) is 47.8 Å². The number of fused-ring (bicyclic) bond motifs is 5. The number of nitrogens with zero attached hydrogens (tertiary/aromatic N) is 2. The zero-order valence-corrected chi connectivity index (χ0v) is 14.1. The van der Waals surface area contributed by atoms with Gasteiger partial charge in [0.05, 0.1) is 11.9 Å². The normalized spacial score (nSPS) is 12.4. The summed E-state index contributed by atoms with van der Waals surface area (Å²) in [7, 11) is 0. The molecule has 0 spiro atoms. The summed E-state index contributed by atoms with van der Waals surface area (Å²) in [6.07, 6.45) is 0. The lowest BCUT2D eigenvalue weighted by Gasteiger charge is -2.06. The van der Waals surface area contributed by atoms with Gasteiger partial charge in [0, 0.05) is 27.1 Å². The van der Waals surface area contributed by atoms with Crippen LogP contribution in [0.1, 0.15) is 5.56 Å². The van der Waals surface area contributed by atoms with Gasteiger partial charge in [0.2, 0.25) is 0 Å². The molecular formula is C19H11ClN2OS. The van der Waals surface area contributed by atoms with Gasteiger partial charge in [-0.05, 0) is 11.6 Å². The van der Waals surface area contributed by atoms with Crippen LogP contribution in [0.5, 0.6) is 0 Å². The number of halogens is 1. The zero-order valence-electron chi connectivity index (χ0n) is 12.5. The first-order chi connectivity index (χ1) is 11.7. The molecule has 0 saturated heterocycles. The Bertz CT molecular complexity index is 1180. The molecule has 0 N–H and O–H groups in total. The molecule has 0 amide bonds. The van der Waals surface area contributed by atoms with Crippen molar-refractivity contribution >= 4 is 33.2 Å². The van der Waals surface area contributed by atoms with Crippen molar-refractivity contribution in [2.24, 2.45) is 0 Å². The van der Waals surface area contributed by atoms with Gasteiger partial charge in [0.25, 0.3) is 5.56 Å². The average Bonchev–Trinajstić information content (AvgIpc) is 3.18. The lowest BCUT2D eigenvalue weighted by molar-refractivity contribution is 0.860. The van der Waals surface area contributed by atoms with Gasteiger partial charge >= 0.3 is 0 Å². The third kappa shape index (κ3) is 1.84. The molecule has 1 aliphatic heterocycles. The van der Waals surface area contributed by atoms with Crippen molar-refractivity contribution in [3.05, 3.63) is 74.9 Å². The molecule has 0 aliphatic carbocycles. The summed E-state index contributed by atoms with van der Waals surface area (Å²) in [5.74, 6) is 0.760. The predicted molar refractivity (Wildman–Crippen MR) is 98.9 cm³/mol. The van der Waals surface area contributed by atoms with Gasteiger partial charge in [-0.3, -0.25) is 4.79 Å². The van der Waals surface area contributed by atoms with Crippen LogP contribution in [0.25, 0.3) is 32.7 Å². The number of aromatic nitrogens is 2. The van der Waals surface area contributed by atoms with Crippen molar-refractivity contribution in [1.82, 2.24) is 9.55 Å². The monoisotopic (exact) mass is 350 g/mol. The Hall–Kier alpha value is -2.43. The summed E-state index contributed by atoms with van der Waals surface area (Å²) in [4.78, 5) is 18.1. The number of rotatable bonds is 1. The number of thiophene rings is 1. The van der Waals surface area contributed by atoms with Gasteiger partial charge in [0.15, 0.2) is 0 Å². The van der Waals surface area contributed by atoms with Crippen LogP contribution in [0, 0.1) is 0 Å². The third-order valence-corrected chi connectivity index (χ3v) is 5.78. The predicted octanol–water partition coefficient (Wildman–Crippen LogP) is 4.81. The minimum absolute atomic E-state index is 0.191. The fourth-order valence-electron chi connectivity index (χ4n) is 3.34. The van der Waals surface area contributed by atoms with Gasteiger partial charge in [-0.1, -0.05) is 54.1 Å². The van der Waals surface area contributed by atoms with E-state index in [0.29, 0.717) is 10.4 Å². The Kier molecular flexibility index (Phi) is 2.93. The summed E-state index contributed by atoms with van der Waals surface area (Å²) in [6.45, 7) is 0.748. The molecule has 2 aromatic heterocycles. The summed E-state index contributed by atoms with van der Waals surface area (Å²) in [5.41, 5.74) is 3.79. The maximum Gasteiger partial charge on any atom is 0.282 e. The Morgan fingerprint density at radius 3 is 2.58 bits per heavy atom. The van der Waals surface area contributed by atoms with Crippen LogP contribution >= 0.6 is 22.9 Å². The van der Waals surface area contributed by atoms with Crippen molar-refractivity contribution in [1.29, 1.82) is 0 Å². The Morgan fingerprint density at radius 2 is 1.75 bits per heavy atom. The van der Waals surface area contributed by atoms with Crippen LogP contribution in [0.3, 0.4) is 0 Å². The molecule has 24 heavy (non-hydrogen) atoms. The van der Waals surface area contributed by atoms with Crippen LogP contribution in [0.15, 0.2) is 58.7 Å². The van der Waals surface area contributed by atoms with Gasteiger partial charge in [-0.25, -0.2) is 0 Å². The lowest BCUT2D eigenvalue weighted by atomic mass is 10.1. The van der Waals surface area contributed by atoms with Crippen molar-refractivity contribution in [2.75, 3.05) is 0 Å². The van der Waals surface area contributed by atoms with E-state index in [4.69, 9.17) is 11.6 Å². The fourth-order valence-corrected chi connectivity index (χ4v) is 4.64. The average molecular weight is 351 g/mol. The molecule has 3 heterocycles. The van der Waals surface area contributed by atoms with E-state index in [1.165, 1.54) is 5.56 Å². The largest absolute Gasteiger partial charge is 0.312 e. The zero-order chi connectivity index (χ0) is 16.3. The second-order valence-corrected chi connectivity index (χ2v) is 7.06. The van der Waals surface area contributed by atoms with E-state index in [1.54, 1.807) is 11.3 Å². The van der Waals surface area contributed by atoms with Crippen LogP contribution in [-0.2, 0) is 6.54 Å². The van der Waals surface area contributed by atoms with Crippen LogP contribution in [0.4, 0.5) is 0 Å². The second kappa shape index (κ2) is 5.03. The smallest absolute Gasteiger partial charge is 0.282 e. The van der Waals surface area contributed by atoms with Crippen molar-refractivity contribution in [3.8, 4) is 22.5 Å². The molecule has 0 fully saturated rings. The van der Waals surface area contributed by atoms with E-state index in [2.05, 4.69) is 15.6 Å². The standard InChI is InChI=1S/C19H11ClN2OS/c20-15-8-4-3-7-13(15)14-10-24-19-16(14)18(23)21-17-12-6-2-1-5-11(12)9-22(17)19/h1-8,10H,9H2. The molecule has 2 aromatic carbocycles. The molecule has 5 heteroatoms. The third-order valence-electron chi connectivity index (χ3n) is 4.44. The highest BCUT2D eigenvalue weighted by molar-refractivity contribution is 7.17. The molecule has 0 radical (unpaired) electrons. The highest BCUT2D eigenvalue weighted by Gasteiger charge is 2.24. The van der Waals surface area contributed by atoms with Crippen molar-refractivity contribution < 1.29 is 0 Å². The van der Waals surface area contributed by atoms with Crippen molar-refractivity contribution in [2.45, 2.75) is 6.54 Å². The molecule has 3 nitrogen and oxygen atoms in total. The molecule has 0 unspecified atom stereocenters. The quantitative estimate of drug-likeness (QED) is 0.435.